The molecule has 0 radical (unpaired) electrons. The number of carbonyl (C=O) groups is 2. The van der Waals surface area contributed by atoms with Crippen LogP contribution in [0.4, 0.5) is 0 Å². The number of benzene rings is 1. The van der Waals surface area contributed by atoms with Gasteiger partial charge in [-0.25, -0.2) is 0 Å². The standard InChI is InChI=1S/C18H24N2O3/c19-17(21)10-13-4-7-20(8-5-13)18(22)15-3-1-2-14(11-15)16-6-9-23-12-16/h1-3,11,13,16H,4-10,12H2,(H2,19,21). The Morgan fingerprint density at radius 2 is 2.00 bits per heavy atom. The first kappa shape index (κ1) is 16.0. The highest BCUT2D eigenvalue weighted by molar-refractivity contribution is 5.94. The summed E-state index contributed by atoms with van der Waals surface area (Å²) in [6.07, 6.45) is 3.16. The van der Waals surface area contributed by atoms with Crippen molar-refractivity contribution >= 4 is 11.8 Å². The van der Waals surface area contributed by atoms with E-state index < -0.39 is 0 Å². The molecule has 3 rings (SSSR count). The summed E-state index contributed by atoms with van der Waals surface area (Å²) < 4.78 is 5.44. The van der Waals surface area contributed by atoms with E-state index in [0.29, 0.717) is 31.3 Å². The molecule has 2 amide bonds. The highest BCUT2D eigenvalue weighted by Crippen LogP contribution is 2.27. The van der Waals surface area contributed by atoms with Crippen LogP contribution < -0.4 is 5.73 Å². The zero-order valence-electron chi connectivity index (χ0n) is 13.4. The zero-order valence-corrected chi connectivity index (χ0v) is 13.4. The van der Waals surface area contributed by atoms with Crippen molar-refractivity contribution in [1.29, 1.82) is 0 Å². The van der Waals surface area contributed by atoms with Crippen LogP contribution in [0.3, 0.4) is 0 Å². The van der Waals surface area contributed by atoms with Gasteiger partial charge in [-0.15, -0.1) is 0 Å². The average Bonchev–Trinajstić information content (AvgIpc) is 3.09. The molecule has 23 heavy (non-hydrogen) atoms. The van der Waals surface area contributed by atoms with E-state index in [-0.39, 0.29) is 11.8 Å². The molecule has 2 saturated heterocycles. The van der Waals surface area contributed by atoms with Gasteiger partial charge in [-0.3, -0.25) is 9.59 Å². The maximum Gasteiger partial charge on any atom is 0.253 e. The van der Waals surface area contributed by atoms with Gasteiger partial charge in [0.25, 0.3) is 5.91 Å². The molecule has 2 fully saturated rings. The van der Waals surface area contributed by atoms with Crippen LogP contribution in [0.15, 0.2) is 24.3 Å². The number of nitrogens with zero attached hydrogens (tertiary/aromatic N) is 1. The van der Waals surface area contributed by atoms with Gasteiger partial charge in [0.1, 0.15) is 0 Å². The minimum absolute atomic E-state index is 0.0864. The third kappa shape index (κ3) is 3.91. The normalized spacial score (nSPS) is 22.3. The van der Waals surface area contributed by atoms with Crippen molar-refractivity contribution in [2.24, 2.45) is 11.7 Å². The molecule has 1 unspecified atom stereocenters. The van der Waals surface area contributed by atoms with Crippen LogP contribution in [0.5, 0.6) is 0 Å². The van der Waals surface area contributed by atoms with Crippen LogP contribution in [-0.4, -0.2) is 43.0 Å². The summed E-state index contributed by atoms with van der Waals surface area (Å²) in [6, 6.07) is 7.93. The Morgan fingerprint density at radius 3 is 2.65 bits per heavy atom. The fraction of sp³-hybridized carbons (Fsp3) is 0.556. The van der Waals surface area contributed by atoms with Crippen molar-refractivity contribution in [2.45, 2.75) is 31.6 Å². The molecule has 5 nitrogen and oxygen atoms in total. The topological polar surface area (TPSA) is 72.6 Å². The van der Waals surface area contributed by atoms with Crippen LogP contribution in [0.1, 0.15) is 47.5 Å². The summed E-state index contributed by atoms with van der Waals surface area (Å²) in [6.45, 7) is 2.95. The molecule has 0 aromatic heterocycles. The van der Waals surface area contributed by atoms with E-state index in [9.17, 15) is 9.59 Å². The number of amides is 2. The van der Waals surface area contributed by atoms with Crippen molar-refractivity contribution in [1.82, 2.24) is 4.90 Å². The Morgan fingerprint density at radius 1 is 1.22 bits per heavy atom. The van der Waals surface area contributed by atoms with Gasteiger partial charge < -0.3 is 15.4 Å². The first-order valence-corrected chi connectivity index (χ1v) is 8.39. The molecule has 1 atom stereocenters. The summed E-state index contributed by atoms with van der Waals surface area (Å²) in [5.41, 5.74) is 7.20. The van der Waals surface area contributed by atoms with Gasteiger partial charge in [-0.1, -0.05) is 12.1 Å². The third-order valence-corrected chi connectivity index (χ3v) is 4.93. The van der Waals surface area contributed by atoms with Gasteiger partial charge in [0, 0.05) is 37.6 Å². The van der Waals surface area contributed by atoms with Crippen LogP contribution in [0, 0.1) is 5.92 Å². The van der Waals surface area contributed by atoms with Crippen LogP contribution in [0.25, 0.3) is 0 Å². The maximum absolute atomic E-state index is 12.7. The molecule has 0 spiro atoms. The summed E-state index contributed by atoms with van der Waals surface area (Å²) in [4.78, 5) is 25.6. The predicted octanol–water partition coefficient (Wildman–Crippen LogP) is 1.92. The minimum Gasteiger partial charge on any atom is -0.381 e. The van der Waals surface area contributed by atoms with E-state index in [1.165, 1.54) is 5.56 Å². The summed E-state index contributed by atoms with van der Waals surface area (Å²) >= 11 is 0. The fourth-order valence-electron chi connectivity index (χ4n) is 3.53. The molecule has 2 aliphatic rings. The quantitative estimate of drug-likeness (QED) is 0.922. The van der Waals surface area contributed by atoms with Crippen molar-refractivity contribution in [3.8, 4) is 0 Å². The van der Waals surface area contributed by atoms with Gasteiger partial charge in [-0.05, 0) is 42.9 Å². The second-order valence-electron chi connectivity index (χ2n) is 6.59. The molecule has 2 heterocycles. The molecule has 2 aliphatic heterocycles. The van der Waals surface area contributed by atoms with Gasteiger partial charge in [-0.2, -0.15) is 0 Å². The second kappa shape index (κ2) is 7.13. The molecule has 5 heteroatoms. The first-order chi connectivity index (χ1) is 11.1. The van der Waals surface area contributed by atoms with E-state index in [1.54, 1.807) is 0 Å². The molecule has 0 saturated carbocycles. The van der Waals surface area contributed by atoms with E-state index in [2.05, 4.69) is 6.07 Å². The lowest BCUT2D eigenvalue weighted by molar-refractivity contribution is -0.119. The van der Waals surface area contributed by atoms with E-state index in [1.807, 2.05) is 23.1 Å². The number of ether oxygens (including phenoxy) is 1. The lowest BCUT2D eigenvalue weighted by Crippen LogP contribution is -2.39. The highest BCUT2D eigenvalue weighted by atomic mass is 16.5. The monoisotopic (exact) mass is 316 g/mol. The maximum atomic E-state index is 12.7. The smallest absolute Gasteiger partial charge is 0.253 e. The Bertz CT molecular complexity index is 573. The molecule has 124 valence electrons. The Labute approximate surface area is 136 Å². The van der Waals surface area contributed by atoms with Gasteiger partial charge >= 0.3 is 0 Å². The minimum atomic E-state index is -0.249. The van der Waals surface area contributed by atoms with Crippen LogP contribution >= 0.6 is 0 Å². The van der Waals surface area contributed by atoms with E-state index >= 15 is 0 Å². The van der Waals surface area contributed by atoms with Crippen molar-refractivity contribution in [2.75, 3.05) is 26.3 Å². The number of nitrogens with two attached hydrogens (primary N) is 1. The largest absolute Gasteiger partial charge is 0.381 e. The van der Waals surface area contributed by atoms with Crippen molar-refractivity contribution in [3.63, 3.8) is 0 Å². The number of carbonyl (C=O) groups excluding carboxylic acids is 2. The first-order valence-electron chi connectivity index (χ1n) is 8.39. The molecular weight excluding hydrogens is 292 g/mol. The van der Waals surface area contributed by atoms with E-state index in [4.69, 9.17) is 10.5 Å². The molecule has 1 aromatic carbocycles. The molecule has 1 aromatic rings. The number of rotatable bonds is 4. The number of likely N-dealkylation sites (tertiary alicyclic amines) is 1. The van der Waals surface area contributed by atoms with Crippen LogP contribution in [-0.2, 0) is 9.53 Å². The Kier molecular flexibility index (Phi) is 4.96. The Balaban J connectivity index is 1.62. The highest BCUT2D eigenvalue weighted by Gasteiger charge is 2.25. The fourth-order valence-corrected chi connectivity index (χ4v) is 3.53. The Hall–Kier alpha value is -1.88. The number of hydrogen-bond acceptors (Lipinski definition) is 3. The van der Waals surface area contributed by atoms with E-state index in [0.717, 1.165) is 38.0 Å². The number of primary amides is 1. The summed E-state index contributed by atoms with van der Waals surface area (Å²) in [5.74, 6) is 0.562. The number of hydrogen-bond donors (Lipinski definition) is 1. The number of piperidine rings is 1. The molecule has 0 aliphatic carbocycles. The van der Waals surface area contributed by atoms with Gasteiger partial charge in [0.05, 0.1) is 6.61 Å². The summed E-state index contributed by atoms with van der Waals surface area (Å²) in [7, 11) is 0. The zero-order chi connectivity index (χ0) is 16.2. The average molecular weight is 316 g/mol. The van der Waals surface area contributed by atoms with Gasteiger partial charge in [0.15, 0.2) is 0 Å². The lowest BCUT2D eigenvalue weighted by Gasteiger charge is -2.31. The molecule has 0 bridgehead atoms. The molecular formula is C18H24N2O3. The second-order valence-corrected chi connectivity index (χ2v) is 6.59. The SMILES string of the molecule is NC(=O)CC1CCN(C(=O)c2cccc(C3CCOC3)c2)CC1. The lowest BCUT2D eigenvalue weighted by atomic mass is 9.92. The molecule has 2 N–H and O–H groups in total. The summed E-state index contributed by atoms with van der Waals surface area (Å²) in [5, 5.41) is 0. The van der Waals surface area contributed by atoms with Crippen molar-refractivity contribution in [3.05, 3.63) is 35.4 Å². The predicted molar refractivity (Wildman–Crippen MR) is 87.1 cm³/mol. The van der Waals surface area contributed by atoms with Gasteiger partial charge in [0.2, 0.25) is 5.91 Å². The van der Waals surface area contributed by atoms with Crippen LogP contribution in [0.2, 0.25) is 0 Å². The van der Waals surface area contributed by atoms with Crippen molar-refractivity contribution < 1.29 is 14.3 Å². The third-order valence-electron chi connectivity index (χ3n) is 4.93.